The fourth-order valence-electron chi connectivity index (χ4n) is 7.21. The molecular formula is C35H39N7O5. The van der Waals surface area contributed by atoms with Crippen LogP contribution in [0.5, 0.6) is 0 Å². The number of pyridine rings is 3. The molecule has 47 heavy (non-hydrogen) atoms. The number of rotatable bonds is 6. The van der Waals surface area contributed by atoms with E-state index in [0.29, 0.717) is 65.9 Å². The summed E-state index contributed by atoms with van der Waals surface area (Å²) in [6.45, 7) is 5.67. The number of carbonyl (C=O) groups excluding carboxylic acids is 2. The zero-order valence-corrected chi connectivity index (χ0v) is 26.9. The molecule has 0 unspecified atom stereocenters. The van der Waals surface area contributed by atoms with Gasteiger partial charge in [-0.2, -0.15) is 0 Å². The Balaban J connectivity index is 1.17. The summed E-state index contributed by atoms with van der Waals surface area (Å²) in [5.74, 6) is 0.574. The largest absolute Gasteiger partial charge is 0.392 e. The summed E-state index contributed by atoms with van der Waals surface area (Å²) in [5, 5.41) is 13.7. The van der Waals surface area contributed by atoms with E-state index in [1.807, 2.05) is 24.8 Å². The maximum atomic E-state index is 13.8. The van der Waals surface area contributed by atoms with Crippen molar-refractivity contribution in [1.82, 2.24) is 24.0 Å². The van der Waals surface area contributed by atoms with Crippen LogP contribution in [0.4, 0.5) is 17.3 Å². The van der Waals surface area contributed by atoms with Crippen molar-refractivity contribution in [2.45, 2.75) is 64.8 Å². The molecule has 2 atom stereocenters. The van der Waals surface area contributed by atoms with Crippen LogP contribution in [0.2, 0.25) is 0 Å². The van der Waals surface area contributed by atoms with Gasteiger partial charge in [-0.25, -0.2) is 9.97 Å². The second kappa shape index (κ2) is 12.4. The van der Waals surface area contributed by atoms with Gasteiger partial charge in [0.05, 0.1) is 37.5 Å². The number of aryl methyl sites for hydroxylation is 2. The molecule has 4 aromatic heterocycles. The predicted molar refractivity (Wildman–Crippen MR) is 177 cm³/mol. The van der Waals surface area contributed by atoms with Gasteiger partial charge in [0.2, 0.25) is 0 Å². The number of fused-ring (bicyclic) bond motifs is 3. The average Bonchev–Trinajstić information content (AvgIpc) is 3.46. The number of carbonyl (C=O) groups is 2. The third-order valence-electron chi connectivity index (χ3n) is 9.54. The first-order chi connectivity index (χ1) is 22.7. The monoisotopic (exact) mass is 637 g/mol. The van der Waals surface area contributed by atoms with E-state index < -0.39 is 0 Å². The molecule has 2 amide bonds. The third kappa shape index (κ3) is 5.51. The summed E-state index contributed by atoms with van der Waals surface area (Å²) in [4.78, 5) is 52.7. The number of hydrogen-bond donors (Lipinski definition) is 2. The van der Waals surface area contributed by atoms with Crippen LogP contribution in [0.15, 0.2) is 53.7 Å². The van der Waals surface area contributed by atoms with E-state index in [0.717, 1.165) is 25.7 Å². The smallest absolute Gasteiger partial charge is 0.276 e. The van der Waals surface area contributed by atoms with Gasteiger partial charge in [0.25, 0.3) is 17.4 Å². The minimum absolute atomic E-state index is 0.0443. The highest BCUT2D eigenvalue weighted by molar-refractivity contribution is 6.06. The lowest BCUT2D eigenvalue weighted by molar-refractivity contribution is -0.0249. The molecule has 12 nitrogen and oxygen atoms in total. The topological polar surface area (TPSA) is 135 Å². The van der Waals surface area contributed by atoms with Crippen LogP contribution >= 0.6 is 0 Å². The molecule has 0 saturated carbocycles. The number of hydrogen-bond acceptors (Lipinski definition) is 8. The van der Waals surface area contributed by atoms with Crippen LogP contribution in [0.25, 0.3) is 11.1 Å². The van der Waals surface area contributed by atoms with E-state index in [-0.39, 0.29) is 41.8 Å². The lowest BCUT2D eigenvalue weighted by Crippen LogP contribution is -2.52. The van der Waals surface area contributed by atoms with Gasteiger partial charge in [-0.05, 0) is 81.0 Å². The van der Waals surface area contributed by atoms with Gasteiger partial charge in [-0.3, -0.25) is 19.3 Å². The average molecular weight is 638 g/mol. The number of morpholine rings is 1. The van der Waals surface area contributed by atoms with Crippen molar-refractivity contribution in [2.24, 2.45) is 7.05 Å². The maximum Gasteiger partial charge on any atom is 0.276 e. The van der Waals surface area contributed by atoms with Crippen molar-refractivity contribution in [2.75, 3.05) is 30.0 Å². The quantitative estimate of drug-likeness (QED) is 0.327. The number of ether oxygens (including phenoxy) is 1. The van der Waals surface area contributed by atoms with Crippen LogP contribution in [0.1, 0.15) is 64.4 Å². The summed E-state index contributed by atoms with van der Waals surface area (Å²) in [5.41, 5.74) is 5.46. The standard InChI is InChI=1S/C35H39N7O5/c1-21-19-47-20-22(2)42(21)33(44)24-8-9-31(37-16-24)38-28-14-25(17-39(3)34(28)45)26-10-11-36-32(27(26)18-43)41-13-12-40-29-7-5-4-6-23(29)15-30(40)35(41)46/h8-11,14-17,21-22,43H,4-7,12-13,18-20H2,1-3H3,(H,37,38)/t21-,22-/m1/s1. The Morgan fingerprint density at radius 2 is 1.83 bits per heavy atom. The van der Waals surface area contributed by atoms with E-state index in [9.17, 15) is 19.5 Å². The minimum Gasteiger partial charge on any atom is -0.392 e. The van der Waals surface area contributed by atoms with Gasteiger partial charge < -0.3 is 29.2 Å². The second-order valence-electron chi connectivity index (χ2n) is 12.7. The summed E-state index contributed by atoms with van der Waals surface area (Å²) >= 11 is 0. The Kier molecular flexibility index (Phi) is 8.15. The summed E-state index contributed by atoms with van der Waals surface area (Å²) in [6.07, 6.45) is 9.09. The lowest BCUT2D eigenvalue weighted by atomic mass is 9.98. The number of aliphatic hydroxyl groups is 1. The van der Waals surface area contributed by atoms with Crippen LogP contribution in [-0.4, -0.2) is 72.8 Å². The number of aliphatic hydroxyl groups excluding tert-OH is 1. The fraction of sp³-hybridized carbons (Fsp3) is 0.400. The Morgan fingerprint density at radius 3 is 2.57 bits per heavy atom. The summed E-state index contributed by atoms with van der Waals surface area (Å²) in [7, 11) is 1.65. The number of aromatic nitrogens is 4. The summed E-state index contributed by atoms with van der Waals surface area (Å²) < 4.78 is 9.17. The van der Waals surface area contributed by atoms with Gasteiger partial charge >= 0.3 is 0 Å². The van der Waals surface area contributed by atoms with Gasteiger partial charge in [0.15, 0.2) is 0 Å². The molecule has 0 aromatic carbocycles. The maximum absolute atomic E-state index is 13.8. The molecule has 1 aliphatic carbocycles. The van der Waals surface area contributed by atoms with E-state index in [2.05, 4.69) is 19.9 Å². The van der Waals surface area contributed by atoms with E-state index in [1.54, 1.807) is 48.6 Å². The van der Waals surface area contributed by atoms with E-state index in [1.165, 1.54) is 22.0 Å². The molecule has 4 aromatic rings. The molecule has 2 N–H and O–H groups in total. The van der Waals surface area contributed by atoms with Gasteiger partial charge in [0, 0.05) is 55.5 Å². The first-order valence-corrected chi connectivity index (χ1v) is 16.2. The minimum atomic E-state index is -0.344. The SMILES string of the molecule is C[C@@H]1COC[C@@H](C)N1C(=O)c1ccc(Nc2cc(-c3ccnc(N4CCn5c(cc6c5CCCC6)C4=O)c3CO)cn(C)c2=O)nc1. The van der Waals surface area contributed by atoms with Crippen molar-refractivity contribution in [1.29, 1.82) is 0 Å². The summed E-state index contributed by atoms with van der Waals surface area (Å²) in [6, 6.07) is 8.79. The zero-order valence-electron chi connectivity index (χ0n) is 26.9. The zero-order chi connectivity index (χ0) is 32.8. The van der Waals surface area contributed by atoms with Gasteiger partial charge in [-0.1, -0.05) is 0 Å². The highest BCUT2D eigenvalue weighted by atomic mass is 16.5. The lowest BCUT2D eigenvalue weighted by Gasteiger charge is -2.38. The van der Waals surface area contributed by atoms with Gasteiger partial charge in [0.1, 0.15) is 23.0 Å². The molecule has 12 heteroatoms. The Hall–Kier alpha value is -4.81. The molecule has 0 bridgehead atoms. The van der Waals surface area contributed by atoms with Crippen LogP contribution < -0.4 is 15.8 Å². The van der Waals surface area contributed by atoms with Crippen molar-refractivity contribution >= 4 is 29.1 Å². The van der Waals surface area contributed by atoms with Crippen molar-refractivity contribution in [3.63, 3.8) is 0 Å². The first kappa shape index (κ1) is 30.8. The van der Waals surface area contributed by atoms with Crippen LogP contribution in [0, 0.1) is 0 Å². The number of nitrogens with one attached hydrogen (secondary N) is 1. The highest BCUT2D eigenvalue weighted by Crippen LogP contribution is 2.34. The predicted octanol–water partition coefficient (Wildman–Crippen LogP) is 3.67. The molecule has 0 radical (unpaired) electrons. The van der Waals surface area contributed by atoms with Crippen LogP contribution in [0.3, 0.4) is 0 Å². The number of nitrogens with zero attached hydrogens (tertiary/aromatic N) is 6. The molecule has 7 rings (SSSR count). The van der Waals surface area contributed by atoms with Crippen molar-refractivity contribution in [3.8, 4) is 11.1 Å². The Bertz CT molecular complexity index is 1900. The van der Waals surface area contributed by atoms with Gasteiger partial charge in [-0.15, -0.1) is 0 Å². The Morgan fingerprint density at radius 1 is 1.04 bits per heavy atom. The highest BCUT2D eigenvalue weighted by Gasteiger charge is 2.33. The molecule has 3 aliphatic rings. The molecular weight excluding hydrogens is 598 g/mol. The number of anilines is 3. The molecule has 6 heterocycles. The molecule has 1 fully saturated rings. The molecule has 2 aliphatic heterocycles. The van der Waals surface area contributed by atoms with E-state index in [4.69, 9.17) is 4.74 Å². The number of amides is 2. The fourth-order valence-corrected chi connectivity index (χ4v) is 7.21. The molecule has 1 saturated heterocycles. The first-order valence-electron chi connectivity index (χ1n) is 16.2. The molecule has 0 spiro atoms. The Labute approximate surface area is 272 Å². The molecule has 244 valence electrons. The third-order valence-corrected chi connectivity index (χ3v) is 9.54. The van der Waals surface area contributed by atoms with Crippen LogP contribution in [-0.2, 0) is 37.8 Å². The van der Waals surface area contributed by atoms with Crippen molar-refractivity contribution in [3.05, 3.63) is 87.4 Å². The normalized spacial score (nSPS) is 19.4. The van der Waals surface area contributed by atoms with E-state index >= 15 is 0 Å². The van der Waals surface area contributed by atoms with Crippen molar-refractivity contribution < 1.29 is 19.4 Å². The second-order valence-corrected chi connectivity index (χ2v) is 12.7.